The third kappa shape index (κ3) is 6.82. The van der Waals surface area contributed by atoms with Gasteiger partial charge in [-0.05, 0) is 63.0 Å². The maximum absolute atomic E-state index is 14.3. The summed E-state index contributed by atoms with van der Waals surface area (Å²) in [6.45, 7) is 8.54. The number of likely N-dealkylation sites (tertiary alicyclic amines) is 1. The average Bonchev–Trinajstić information content (AvgIpc) is 3.62. The van der Waals surface area contributed by atoms with Gasteiger partial charge in [-0.2, -0.15) is 0 Å². The summed E-state index contributed by atoms with van der Waals surface area (Å²) in [7, 11) is 5.29. The molecule has 1 aromatic carbocycles. The van der Waals surface area contributed by atoms with Gasteiger partial charge in [-0.15, -0.1) is 0 Å². The molecule has 0 spiro atoms. The Morgan fingerprint density at radius 2 is 1.91 bits per heavy atom. The average molecular weight is 598 g/mol. The molecule has 2 saturated heterocycles. The van der Waals surface area contributed by atoms with Crippen molar-refractivity contribution < 1.29 is 28.7 Å². The second-order valence-electron chi connectivity index (χ2n) is 12.4. The van der Waals surface area contributed by atoms with Gasteiger partial charge in [-0.25, -0.2) is 0 Å². The number of hydrogen-bond acceptors (Lipinski definition) is 7. The van der Waals surface area contributed by atoms with E-state index in [9.17, 15) is 19.2 Å². The van der Waals surface area contributed by atoms with Crippen molar-refractivity contribution in [2.45, 2.75) is 83.6 Å². The fraction of sp³-hybridized carbons (Fsp3) is 0.625. The molecule has 0 aliphatic carbocycles. The molecule has 2 N–H and O–H groups in total. The Morgan fingerprint density at radius 3 is 2.56 bits per heavy atom. The molecule has 236 valence electrons. The van der Waals surface area contributed by atoms with Gasteiger partial charge in [0.1, 0.15) is 35.7 Å². The Balaban J connectivity index is 1.69. The van der Waals surface area contributed by atoms with Gasteiger partial charge in [-0.3, -0.25) is 24.1 Å². The van der Waals surface area contributed by atoms with Crippen molar-refractivity contribution in [3.8, 4) is 11.5 Å². The minimum atomic E-state index is -0.947. The largest absolute Gasteiger partial charge is 0.496 e. The SMILES string of the molecule is CC[C@H](C)[C@@H](C(=O)N[C@H](C(=O)N1CC[C@@H]2Oc3ccc(OC)c(c3)/C=C\NC(=O)[C@@H]3CCCN3C(=O)[C@H]21)C(C)C)N(C)C. The van der Waals surface area contributed by atoms with Crippen molar-refractivity contribution in [1.82, 2.24) is 25.3 Å². The summed E-state index contributed by atoms with van der Waals surface area (Å²) in [4.78, 5) is 60.3. The molecule has 3 aliphatic rings. The molecule has 0 saturated carbocycles. The lowest BCUT2D eigenvalue weighted by molar-refractivity contribution is -0.150. The number of likely N-dealkylation sites (N-methyl/N-ethyl adjacent to an activating group) is 1. The fourth-order valence-electron chi connectivity index (χ4n) is 6.46. The lowest BCUT2D eigenvalue weighted by Gasteiger charge is -2.36. The first-order valence-electron chi connectivity index (χ1n) is 15.4. The van der Waals surface area contributed by atoms with Gasteiger partial charge < -0.3 is 29.9 Å². The molecule has 0 unspecified atom stereocenters. The Kier molecular flexibility index (Phi) is 10.4. The maximum Gasteiger partial charge on any atom is 0.249 e. The quantitative estimate of drug-likeness (QED) is 0.472. The number of hydrogen-bond donors (Lipinski definition) is 2. The van der Waals surface area contributed by atoms with Gasteiger partial charge in [0.25, 0.3) is 0 Å². The number of nitrogens with one attached hydrogen (secondary N) is 2. The van der Waals surface area contributed by atoms with Crippen molar-refractivity contribution in [2.75, 3.05) is 34.3 Å². The molecular weight excluding hydrogens is 550 g/mol. The first kappa shape index (κ1) is 32.3. The van der Waals surface area contributed by atoms with E-state index in [-0.39, 0.29) is 42.0 Å². The van der Waals surface area contributed by atoms with Crippen LogP contribution in [0.4, 0.5) is 0 Å². The highest BCUT2D eigenvalue weighted by molar-refractivity contribution is 5.96. The van der Waals surface area contributed by atoms with Crippen LogP contribution in [0.25, 0.3) is 6.08 Å². The van der Waals surface area contributed by atoms with Crippen LogP contribution in [0.3, 0.4) is 0 Å². The zero-order valence-corrected chi connectivity index (χ0v) is 26.5. The van der Waals surface area contributed by atoms with Crippen molar-refractivity contribution in [2.24, 2.45) is 11.8 Å². The van der Waals surface area contributed by atoms with Crippen molar-refractivity contribution >= 4 is 29.7 Å². The number of rotatable bonds is 8. The standard InChI is InChI=1S/C32H47N5O6/c1-8-20(4)27(35(5)6)30(39)34-26(19(2)3)31(40)37-17-14-25-28(37)32(41)36-16-9-10-23(36)29(38)33-15-13-21-18-22(43-25)11-12-24(21)42-7/h11-13,15,18-20,23,25-28H,8-10,14,16-17H2,1-7H3,(H,33,38)(H,34,39)/b15-13-/t20-,23-,25-,26-,27-,28-/m0/s1. The summed E-state index contributed by atoms with van der Waals surface area (Å²) < 4.78 is 11.9. The Hall–Kier alpha value is -3.60. The molecule has 11 heteroatoms. The minimum absolute atomic E-state index is 0.0848. The van der Waals surface area contributed by atoms with Gasteiger partial charge in [0.15, 0.2) is 0 Å². The topological polar surface area (TPSA) is 121 Å². The van der Waals surface area contributed by atoms with Gasteiger partial charge >= 0.3 is 0 Å². The minimum Gasteiger partial charge on any atom is -0.496 e. The normalized spacial score (nSPS) is 24.9. The van der Waals surface area contributed by atoms with Crippen LogP contribution in [0.2, 0.25) is 0 Å². The first-order chi connectivity index (χ1) is 20.5. The molecule has 6 atom stereocenters. The molecule has 3 heterocycles. The van der Waals surface area contributed by atoms with E-state index in [0.717, 1.165) is 6.42 Å². The summed E-state index contributed by atoms with van der Waals surface area (Å²) >= 11 is 0. The predicted octanol–water partition coefficient (Wildman–Crippen LogP) is 2.25. The molecule has 4 amide bonds. The van der Waals surface area contributed by atoms with Crippen LogP contribution in [0.5, 0.6) is 11.5 Å². The Morgan fingerprint density at radius 1 is 1.16 bits per heavy atom. The number of nitrogens with zero attached hydrogens (tertiary/aromatic N) is 3. The Bertz CT molecular complexity index is 1230. The summed E-state index contributed by atoms with van der Waals surface area (Å²) in [5, 5.41) is 5.84. The van der Waals surface area contributed by atoms with E-state index in [1.54, 1.807) is 47.4 Å². The van der Waals surface area contributed by atoms with Crippen LogP contribution in [0, 0.1) is 11.8 Å². The van der Waals surface area contributed by atoms with E-state index in [4.69, 9.17) is 9.47 Å². The van der Waals surface area contributed by atoms with Crippen molar-refractivity contribution in [3.63, 3.8) is 0 Å². The van der Waals surface area contributed by atoms with E-state index in [1.807, 2.05) is 46.7 Å². The van der Waals surface area contributed by atoms with E-state index >= 15 is 0 Å². The van der Waals surface area contributed by atoms with E-state index in [2.05, 4.69) is 10.6 Å². The molecule has 11 nitrogen and oxygen atoms in total. The number of benzene rings is 1. The molecule has 0 radical (unpaired) electrons. The molecule has 1 aromatic rings. The summed E-state index contributed by atoms with van der Waals surface area (Å²) in [5.74, 6) is -0.137. The number of carbonyl (C=O) groups is 4. The maximum atomic E-state index is 14.3. The van der Waals surface area contributed by atoms with E-state index in [0.29, 0.717) is 42.9 Å². The van der Waals surface area contributed by atoms with Gasteiger partial charge in [0, 0.05) is 31.3 Å². The number of ether oxygens (including phenoxy) is 2. The highest BCUT2D eigenvalue weighted by atomic mass is 16.5. The van der Waals surface area contributed by atoms with E-state index in [1.165, 1.54) is 0 Å². The summed E-state index contributed by atoms with van der Waals surface area (Å²) in [5.41, 5.74) is 0.705. The van der Waals surface area contributed by atoms with E-state index < -0.39 is 30.3 Å². The van der Waals surface area contributed by atoms with Crippen molar-refractivity contribution in [1.29, 1.82) is 0 Å². The van der Waals surface area contributed by atoms with Gasteiger partial charge in [0.05, 0.1) is 13.2 Å². The number of carbonyl (C=O) groups excluding carboxylic acids is 4. The third-order valence-electron chi connectivity index (χ3n) is 8.93. The van der Waals surface area contributed by atoms with Crippen LogP contribution in [0.1, 0.15) is 58.9 Å². The predicted molar refractivity (Wildman–Crippen MR) is 163 cm³/mol. The number of amides is 4. The van der Waals surface area contributed by atoms with Gasteiger partial charge in [0.2, 0.25) is 23.6 Å². The zero-order valence-electron chi connectivity index (χ0n) is 26.5. The summed E-state index contributed by atoms with van der Waals surface area (Å²) in [6.07, 6.45) is 5.10. The van der Waals surface area contributed by atoms with Gasteiger partial charge in [-0.1, -0.05) is 34.1 Å². The second-order valence-corrected chi connectivity index (χ2v) is 12.4. The first-order valence-corrected chi connectivity index (χ1v) is 15.4. The van der Waals surface area contributed by atoms with Crippen LogP contribution in [-0.2, 0) is 19.2 Å². The lowest BCUT2D eigenvalue weighted by atomic mass is 9.95. The smallest absolute Gasteiger partial charge is 0.249 e. The molecule has 43 heavy (non-hydrogen) atoms. The molecule has 3 aliphatic heterocycles. The highest BCUT2D eigenvalue weighted by Gasteiger charge is 2.49. The molecule has 0 aromatic heterocycles. The second kappa shape index (κ2) is 13.8. The highest BCUT2D eigenvalue weighted by Crippen LogP contribution is 2.32. The molecule has 2 fully saturated rings. The lowest BCUT2D eigenvalue weighted by Crippen LogP contribution is -2.61. The Labute approximate surface area is 254 Å². The van der Waals surface area contributed by atoms with Crippen LogP contribution >= 0.6 is 0 Å². The molecular formula is C32H47N5O6. The van der Waals surface area contributed by atoms with Crippen LogP contribution < -0.4 is 20.1 Å². The van der Waals surface area contributed by atoms with Crippen LogP contribution in [-0.4, -0.2) is 103 Å². The number of methoxy groups -OCH3 is 1. The summed E-state index contributed by atoms with van der Waals surface area (Å²) in [6, 6.07) is 2.50. The fourth-order valence-corrected chi connectivity index (χ4v) is 6.46. The zero-order chi connectivity index (χ0) is 31.4. The third-order valence-corrected chi connectivity index (χ3v) is 8.93. The molecule has 2 bridgehead atoms. The monoisotopic (exact) mass is 597 g/mol. The molecule has 4 rings (SSSR count). The number of fused-ring (bicyclic) bond motifs is 4. The van der Waals surface area contributed by atoms with Crippen LogP contribution in [0.15, 0.2) is 24.4 Å². The van der Waals surface area contributed by atoms with Crippen molar-refractivity contribution in [3.05, 3.63) is 30.0 Å².